The normalized spacial score (nSPS) is 30.7. The van der Waals surface area contributed by atoms with Crippen LogP contribution in [-0.4, -0.2) is 10.7 Å². The van der Waals surface area contributed by atoms with E-state index in [-0.39, 0.29) is 0 Å². The topological polar surface area (TPSA) is 20.2 Å². The van der Waals surface area contributed by atoms with Gasteiger partial charge in [-0.1, -0.05) is 23.3 Å². The van der Waals surface area contributed by atoms with Gasteiger partial charge in [-0.25, -0.2) is 0 Å². The summed E-state index contributed by atoms with van der Waals surface area (Å²) < 4.78 is 0. The Hall–Kier alpha value is -0.560. The smallest absolute Gasteiger partial charge is 0.0836 e. The highest BCUT2D eigenvalue weighted by molar-refractivity contribution is 5.23. The van der Waals surface area contributed by atoms with E-state index >= 15 is 0 Å². The van der Waals surface area contributed by atoms with E-state index in [1.54, 1.807) is 0 Å². The van der Waals surface area contributed by atoms with Crippen molar-refractivity contribution in [2.45, 2.75) is 39.2 Å². The molecule has 1 atom stereocenters. The molecular formula is C10H16O. The summed E-state index contributed by atoms with van der Waals surface area (Å²) in [6.45, 7) is 6.06. The van der Waals surface area contributed by atoms with Gasteiger partial charge in [0.05, 0.1) is 5.60 Å². The van der Waals surface area contributed by atoms with Crippen molar-refractivity contribution >= 4 is 0 Å². The van der Waals surface area contributed by atoms with Crippen molar-refractivity contribution < 1.29 is 5.11 Å². The maximum Gasteiger partial charge on any atom is 0.0836 e. The molecule has 0 bridgehead atoms. The van der Waals surface area contributed by atoms with E-state index in [0.29, 0.717) is 0 Å². The predicted octanol–water partition coefficient (Wildman–Crippen LogP) is 2.42. The Kier molecular flexibility index (Phi) is 2.19. The first-order valence-corrected chi connectivity index (χ1v) is 4.06. The van der Waals surface area contributed by atoms with Crippen molar-refractivity contribution in [3.63, 3.8) is 0 Å². The van der Waals surface area contributed by atoms with Crippen LogP contribution in [0.15, 0.2) is 23.3 Å². The molecule has 0 saturated heterocycles. The van der Waals surface area contributed by atoms with Crippen LogP contribution in [0.3, 0.4) is 0 Å². The van der Waals surface area contributed by atoms with E-state index < -0.39 is 5.60 Å². The van der Waals surface area contributed by atoms with Crippen LogP contribution in [0, 0.1) is 0 Å². The molecule has 0 fully saturated rings. The zero-order valence-electron chi connectivity index (χ0n) is 7.52. The highest BCUT2D eigenvalue weighted by Crippen LogP contribution is 2.27. The first-order valence-electron chi connectivity index (χ1n) is 4.06. The molecule has 0 heterocycles. The molecule has 0 amide bonds. The zero-order valence-corrected chi connectivity index (χ0v) is 7.52. The van der Waals surface area contributed by atoms with Gasteiger partial charge in [0.1, 0.15) is 0 Å². The van der Waals surface area contributed by atoms with E-state index in [0.717, 1.165) is 12.8 Å². The summed E-state index contributed by atoms with van der Waals surface area (Å²) >= 11 is 0. The lowest BCUT2D eigenvalue weighted by Crippen LogP contribution is -2.24. The van der Waals surface area contributed by atoms with Gasteiger partial charge in [0.25, 0.3) is 0 Å². The Bertz CT molecular complexity index is 205. The summed E-state index contributed by atoms with van der Waals surface area (Å²) in [4.78, 5) is 0. The molecule has 0 aromatic heterocycles. The molecule has 11 heavy (non-hydrogen) atoms. The van der Waals surface area contributed by atoms with E-state index in [1.165, 1.54) is 11.1 Å². The first kappa shape index (κ1) is 8.54. The Balaban J connectivity index is 2.83. The fraction of sp³-hybridized carbons (Fsp3) is 0.600. The number of aliphatic hydroxyl groups is 1. The molecule has 1 nitrogen and oxygen atoms in total. The molecular weight excluding hydrogens is 136 g/mol. The van der Waals surface area contributed by atoms with Gasteiger partial charge in [-0.2, -0.15) is 0 Å². The highest BCUT2D eigenvalue weighted by Gasteiger charge is 2.21. The summed E-state index contributed by atoms with van der Waals surface area (Å²) in [5.41, 5.74) is 2.11. The summed E-state index contributed by atoms with van der Waals surface area (Å²) in [5, 5.41) is 9.67. The minimum absolute atomic E-state index is 0.606. The largest absolute Gasteiger partial charge is 0.386 e. The standard InChI is InChI=1S/C10H16O/c1-8(2)9-5-4-6-10(3,11)7-9/h4,6,11H,5,7H2,1-3H3. The maximum atomic E-state index is 9.67. The molecule has 0 radical (unpaired) electrons. The molecule has 1 heteroatoms. The molecule has 0 aliphatic heterocycles. The van der Waals surface area contributed by atoms with Crippen molar-refractivity contribution in [3.8, 4) is 0 Å². The predicted molar refractivity (Wildman–Crippen MR) is 47.4 cm³/mol. The van der Waals surface area contributed by atoms with Crippen molar-refractivity contribution in [1.82, 2.24) is 0 Å². The SMILES string of the molecule is CC(C)=C1CC=CC(C)(O)C1. The minimum Gasteiger partial charge on any atom is -0.386 e. The van der Waals surface area contributed by atoms with E-state index in [2.05, 4.69) is 13.8 Å². The molecule has 62 valence electrons. The van der Waals surface area contributed by atoms with Gasteiger partial charge < -0.3 is 5.11 Å². The Morgan fingerprint density at radius 2 is 2.18 bits per heavy atom. The number of rotatable bonds is 0. The van der Waals surface area contributed by atoms with Gasteiger partial charge >= 0.3 is 0 Å². The average molecular weight is 152 g/mol. The third-order valence-corrected chi connectivity index (χ3v) is 2.12. The van der Waals surface area contributed by atoms with Crippen LogP contribution in [0.4, 0.5) is 0 Å². The van der Waals surface area contributed by atoms with Crippen molar-refractivity contribution in [2.24, 2.45) is 0 Å². The fourth-order valence-corrected chi connectivity index (χ4v) is 1.40. The lowest BCUT2D eigenvalue weighted by atomic mass is 9.87. The molecule has 0 aromatic rings. The summed E-state index contributed by atoms with van der Waals surface area (Å²) in [6.07, 6.45) is 5.75. The summed E-state index contributed by atoms with van der Waals surface area (Å²) in [5.74, 6) is 0. The van der Waals surface area contributed by atoms with Crippen molar-refractivity contribution in [1.29, 1.82) is 0 Å². The van der Waals surface area contributed by atoms with Crippen molar-refractivity contribution in [3.05, 3.63) is 23.3 Å². The number of hydrogen-bond acceptors (Lipinski definition) is 1. The molecule has 0 aromatic carbocycles. The average Bonchev–Trinajstić information content (AvgIpc) is 1.85. The third kappa shape index (κ3) is 2.19. The van der Waals surface area contributed by atoms with Gasteiger partial charge in [0.2, 0.25) is 0 Å². The van der Waals surface area contributed by atoms with Gasteiger partial charge in [-0.3, -0.25) is 0 Å². The maximum absolute atomic E-state index is 9.67. The summed E-state index contributed by atoms with van der Waals surface area (Å²) in [7, 11) is 0. The number of allylic oxidation sites excluding steroid dienone is 2. The van der Waals surface area contributed by atoms with Crippen LogP contribution in [0.5, 0.6) is 0 Å². The first-order chi connectivity index (χ1) is 5.01. The third-order valence-electron chi connectivity index (χ3n) is 2.12. The van der Waals surface area contributed by atoms with Crippen LogP contribution < -0.4 is 0 Å². The minimum atomic E-state index is -0.606. The van der Waals surface area contributed by atoms with Crippen LogP contribution in [0.1, 0.15) is 33.6 Å². The van der Waals surface area contributed by atoms with Gasteiger partial charge in [-0.05, 0) is 27.2 Å². The zero-order chi connectivity index (χ0) is 8.48. The molecule has 0 spiro atoms. The number of hydrogen-bond donors (Lipinski definition) is 1. The lowest BCUT2D eigenvalue weighted by molar-refractivity contribution is 0.108. The van der Waals surface area contributed by atoms with E-state index in [9.17, 15) is 5.11 Å². The molecule has 1 rings (SSSR count). The second kappa shape index (κ2) is 2.82. The van der Waals surface area contributed by atoms with Crippen LogP contribution in [0.25, 0.3) is 0 Å². The lowest BCUT2D eigenvalue weighted by Gasteiger charge is -2.25. The second-order valence-electron chi connectivity index (χ2n) is 3.74. The Morgan fingerprint density at radius 3 is 2.55 bits per heavy atom. The van der Waals surface area contributed by atoms with E-state index in [1.807, 2.05) is 19.1 Å². The monoisotopic (exact) mass is 152 g/mol. The summed E-state index contributed by atoms with van der Waals surface area (Å²) in [6, 6.07) is 0. The molecule has 1 unspecified atom stereocenters. The van der Waals surface area contributed by atoms with Crippen LogP contribution >= 0.6 is 0 Å². The quantitative estimate of drug-likeness (QED) is 0.528. The van der Waals surface area contributed by atoms with Gasteiger partial charge in [0, 0.05) is 6.42 Å². The van der Waals surface area contributed by atoms with Crippen LogP contribution in [0.2, 0.25) is 0 Å². The highest BCUT2D eigenvalue weighted by atomic mass is 16.3. The molecule has 1 aliphatic carbocycles. The Labute approximate surface area is 68.4 Å². The Morgan fingerprint density at radius 1 is 1.55 bits per heavy atom. The molecule has 1 N–H and O–H groups in total. The molecule has 0 saturated carbocycles. The van der Waals surface area contributed by atoms with E-state index in [4.69, 9.17) is 0 Å². The van der Waals surface area contributed by atoms with Gasteiger partial charge in [-0.15, -0.1) is 0 Å². The van der Waals surface area contributed by atoms with Crippen LogP contribution in [-0.2, 0) is 0 Å². The second-order valence-corrected chi connectivity index (χ2v) is 3.74. The fourth-order valence-electron chi connectivity index (χ4n) is 1.40. The molecule has 1 aliphatic rings. The van der Waals surface area contributed by atoms with Gasteiger partial charge in [0.15, 0.2) is 0 Å². The van der Waals surface area contributed by atoms with Crippen molar-refractivity contribution in [2.75, 3.05) is 0 Å².